The van der Waals surface area contributed by atoms with Crippen molar-refractivity contribution in [2.75, 3.05) is 12.8 Å². The number of nitrogens with zero attached hydrogens (tertiary/aromatic N) is 1. The van der Waals surface area contributed by atoms with Gasteiger partial charge in [-0.15, -0.1) is 0 Å². The van der Waals surface area contributed by atoms with Gasteiger partial charge in [-0.3, -0.25) is 0 Å². The van der Waals surface area contributed by atoms with Gasteiger partial charge in [-0.05, 0) is 18.2 Å². The number of aromatic nitrogens is 1. The molecule has 0 aliphatic rings. The summed E-state index contributed by atoms with van der Waals surface area (Å²) >= 11 is 5.78. The van der Waals surface area contributed by atoms with Gasteiger partial charge in [0.05, 0.1) is 7.11 Å². The highest BCUT2D eigenvalue weighted by Gasteiger charge is 2.03. The second kappa shape index (κ2) is 4.93. The zero-order valence-electron chi connectivity index (χ0n) is 9.18. The van der Waals surface area contributed by atoms with Crippen molar-refractivity contribution in [2.45, 2.75) is 0 Å². The van der Waals surface area contributed by atoms with Crippen LogP contribution >= 0.6 is 11.6 Å². The Morgan fingerprint density at radius 3 is 2.65 bits per heavy atom. The average Bonchev–Trinajstić information content (AvgIpc) is 2.28. The summed E-state index contributed by atoms with van der Waals surface area (Å²) in [6, 6.07) is 10.3. The van der Waals surface area contributed by atoms with Crippen molar-refractivity contribution in [2.24, 2.45) is 0 Å². The number of pyridine rings is 1. The minimum atomic E-state index is 0.294. The van der Waals surface area contributed by atoms with Crippen LogP contribution in [-0.4, -0.2) is 12.1 Å². The highest BCUT2D eigenvalue weighted by Crippen LogP contribution is 2.26. The fraction of sp³-hybridized carbons (Fsp3) is 0.0833. The monoisotopic (exact) mass is 250 g/mol. The standard InChI is InChI=1S/C12H11ClN2O2/c1-16-9-3-2-4-10(7-9)17-12-6-8(14)5-11(13)15-12/h2-7H,1H3,(H2,14,15). The smallest absolute Gasteiger partial charge is 0.222 e. The number of hydrogen-bond donors (Lipinski definition) is 1. The SMILES string of the molecule is COc1cccc(Oc2cc(N)cc(Cl)n2)c1. The molecular weight excluding hydrogens is 240 g/mol. The van der Waals surface area contributed by atoms with Crippen molar-refractivity contribution in [1.82, 2.24) is 4.98 Å². The second-order valence-corrected chi connectivity index (χ2v) is 3.73. The predicted molar refractivity (Wildman–Crippen MR) is 66.7 cm³/mol. The lowest BCUT2D eigenvalue weighted by Crippen LogP contribution is -1.92. The van der Waals surface area contributed by atoms with E-state index in [-0.39, 0.29) is 0 Å². The van der Waals surface area contributed by atoms with E-state index in [0.29, 0.717) is 28.2 Å². The molecule has 0 atom stereocenters. The summed E-state index contributed by atoms with van der Waals surface area (Å²) in [5.41, 5.74) is 6.14. The number of rotatable bonds is 3. The summed E-state index contributed by atoms with van der Waals surface area (Å²) in [7, 11) is 1.59. The number of hydrogen-bond acceptors (Lipinski definition) is 4. The molecule has 0 aliphatic heterocycles. The molecule has 0 saturated heterocycles. The van der Waals surface area contributed by atoms with Crippen molar-refractivity contribution in [3.63, 3.8) is 0 Å². The van der Waals surface area contributed by atoms with Crippen molar-refractivity contribution in [1.29, 1.82) is 0 Å². The first-order valence-electron chi connectivity index (χ1n) is 4.92. The quantitative estimate of drug-likeness (QED) is 0.851. The van der Waals surface area contributed by atoms with Gasteiger partial charge in [0.1, 0.15) is 16.7 Å². The van der Waals surface area contributed by atoms with Gasteiger partial charge in [-0.2, -0.15) is 0 Å². The number of benzene rings is 1. The van der Waals surface area contributed by atoms with E-state index in [2.05, 4.69) is 4.98 Å². The van der Waals surface area contributed by atoms with E-state index in [1.165, 1.54) is 0 Å². The molecule has 0 aliphatic carbocycles. The maximum absolute atomic E-state index is 5.78. The van der Waals surface area contributed by atoms with Crippen LogP contribution in [0.5, 0.6) is 17.4 Å². The Morgan fingerprint density at radius 1 is 1.18 bits per heavy atom. The molecule has 2 N–H and O–H groups in total. The van der Waals surface area contributed by atoms with Crippen LogP contribution in [0.3, 0.4) is 0 Å². The molecule has 0 radical (unpaired) electrons. The highest BCUT2D eigenvalue weighted by atomic mass is 35.5. The topological polar surface area (TPSA) is 57.4 Å². The molecule has 0 bridgehead atoms. The van der Waals surface area contributed by atoms with Crippen LogP contribution in [0.15, 0.2) is 36.4 Å². The van der Waals surface area contributed by atoms with Crippen LogP contribution in [0.2, 0.25) is 5.15 Å². The van der Waals surface area contributed by atoms with Crippen LogP contribution in [0.1, 0.15) is 0 Å². The van der Waals surface area contributed by atoms with Gasteiger partial charge in [-0.25, -0.2) is 4.98 Å². The van der Waals surface area contributed by atoms with E-state index < -0.39 is 0 Å². The molecule has 5 heteroatoms. The molecule has 0 saturated carbocycles. The lowest BCUT2D eigenvalue weighted by molar-refractivity contribution is 0.407. The Bertz CT molecular complexity index is 511. The van der Waals surface area contributed by atoms with Crippen LogP contribution in [0.25, 0.3) is 0 Å². The zero-order valence-corrected chi connectivity index (χ0v) is 9.94. The van der Waals surface area contributed by atoms with Crippen molar-refractivity contribution in [3.05, 3.63) is 41.6 Å². The molecule has 4 nitrogen and oxygen atoms in total. The van der Waals surface area contributed by atoms with E-state index in [0.717, 1.165) is 0 Å². The fourth-order valence-corrected chi connectivity index (χ4v) is 1.54. The highest BCUT2D eigenvalue weighted by molar-refractivity contribution is 6.29. The Balaban J connectivity index is 2.24. The lowest BCUT2D eigenvalue weighted by Gasteiger charge is -2.07. The number of methoxy groups -OCH3 is 1. The third-order valence-electron chi connectivity index (χ3n) is 2.06. The first-order chi connectivity index (χ1) is 8.17. The van der Waals surface area contributed by atoms with E-state index in [1.807, 2.05) is 12.1 Å². The molecule has 17 heavy (non-hydrogen) atoms. The van der Waals surface area contributed by atoms with Gasteiger partial charge in [0, 0.05) is 17.8 Å². The van der Waals surface area contributed by atoms with Crippen molar-refractivity contribution in [3.8, 4) is 17.4 Å². The normalized spacial score (nSPS) is 10.0. The fourth-order valence-electron chi connectivity index (χ4n) is 1.33. The van der Waals surface area contributed by atoms with Gasteiger partial charge in [0.25, 0.3) is 0 Å². The largest absolute Gasteiger partial charge is 0.497 e. The van der Waals surface area contributed by atoms with Crippen LogP contribution < -0.4 is 15.2 Å². The van der Waals surface area contributed by atoms with Crippen LogP contribution in [-0.2, 0) is 0 Å². The Kier molecular flexibility index (Phi) is 3.35. The molecule has 2 aromatic rings. The number of halogens is 1. The van der Waals surface area contributed by atoms with E-state index in [1.54, 1.807) is 31.4 Å². The zero-order chi connectivity index (χ0) is 12.3. The first-order valence-corrected chi connectivity index (χ1v) is 5.30. The number of nitrogens with two attached hydrogens (primary N) is 1. The molecule has 1 heterocycles. The summed E-state index contributed by atoms with van der Waals surface area (Å²) in [6.45, 7) is 0. The Hall–Kier alpha value is -1.94. The maximum Gasteiger partial charge on any atom is 0.222 e. The Morgan fingerprint density at radius 2 is 1.94 bits per heavy atom. The molecule has 0 unspecified atom stereocenters. The second-order valence-electron chi connectivity index (χ2n) is 3.34. The number of ether oxygens (including phenoxy) is 2. The number of nitrogen functional groups attached to an aromatic ring is 1. The molecule has 0 spiro atoms. The summed E-state index contributed by atoms with van der Waals surface area (Å²) in [5.74, 6) is 1.67. The van der Waals surface area contributed by atoms with Crippen molar-refractivity contribution < 1.29 is 9.47 Å². The van der Waals surface area contributed by atoms with Gasteiger partial charge in [0.2, 0.25) is 5.88 Å². The molecule has 0 amide bonds. The summed E-state index contributed by atoms with van der Waals surface area (Å²) < 4.78 is 10.6. The average molecular weight is 251 g/mol. The predicted octanol–water partition coefficient (Wildman–Crippen LogP) is 3.12. The first kappa shape index (κ1) is 11.5. The van der Waals surface area contributed by atoms with E-state index >= 15 is 0 Å². The van der Waals surface area contributed by atoms with Crippen molar-refractivity contribution >= 4 is 17.3 Å². The Labute approximate surface area is 104 Å². The minimum Gasteiger partial charge on any atom is -0.497 e. The van der Waals surface area contributed by atoms with Gasteiger partial charge in [0.15, 0.2) is 0 Å². The molecule has 1 aromatic heterocycles. The van der Waals surface area contributed by atoms with Gasteiger partial charge < -0.3 is 15.2 Å². The van der Waals surface area contributed by atoms with Gasteiger partial charge in [-0.1, -0.05) is 17.7 Å². The summed E-state index contributed by atoms with van der Waals surface area (Å²) in [6.07, 6.45) is 0. The maximum atomic E-state index is 5.78. The van der Waals surface area contributed by atoms with Crippen LogP contribution in [0, 0.1) is 0 Å². The molecular formula is C12H11ClN2O2. The lowest BCUT2D eigenvalue weighted by atomic mass is 10.3. The molecule has 88 valence electrons. The summed E-state index contributed by atoms with van der Waals surface area (Å²) in [4.78, 5) is 4.01. The third-order valence-corrected chi connectivity index (χ3v) is 2.25. The minimum absolute atomic E-state index is 0.294. The summed E-state index contributed by atoms with van der Waals surface area (Å²) in [5, 5.41) is 0.294. The number of anilines is 1. The molecule has 2 rings (SSSR count). The molecule has 1 aromatic carbocycles. The molecule has 0 fully saturated rings. The third kappa shape index (κ3) is 3.01. The van der Waals surface area contributed by atoms with E-state index in [9.17, 15) is 0 Å². The van der Waals surface area contributed by atoms with Gasteiger partial charge >= 0.3 is 0 Å². The van der Waals surface area contributed by atoms with Crippen LogP contribution in [0.4, 0.5) is 5.69 Å². The van der Waals surface area contributed by atoms with E-state index in [4.69, 9.17) is 26.8 Å².